The van der Waals surface area contributed by atoms with Crippen molar-refractivity contribution >= 4 is 12.4 Å². The second kappa shape index (κ2) is 7.96. The topological polar surface area (TPSA) is 23.5 Å². The van der Waals surface area contributed by atoms with Gasteiger partial charge in [0.05, 0.1) is 0 Å². The van der Waals surface area contributed by atoms with E-state index in [2.05, 4.69) is 11.8 Å². The third-order valence-corrected chi connectivity index (χ3v) is 4.97. The molecule has 1 atom stereocenters. The predicted octanol–water partition coefficient (Wildman–Crippen LogP) is 4.22. The number of likely N-dealkylation sites (tertiary alicyclic amines) is 1. The number of aliphatic hydroxyl groups is 1. The van der Waals surface area contributed by atoms with Gasteiger partial charge in [0.25, 0.3) is 0 Å². The molecule has 1 aliphatic rings. The van der Waals surface area contributed by atoms with Gasteiger partial charge in [0.2, 0.25) is 0 Å². The number of hydrogen-bond acceptors (Lipinski definition) is 2. The van der Waals surface area contributed by atoms with E-state index in [1.54, 1.807) is 0 Å². The highest BCUT2D eigenvalue weighted by Gasteiger charge is 2.40. The Morgan fingerprint density at radius 2 is 1.26 bits per heavy atom. The van der Waals surface area contributed by atoms with E-state index in [0.29, 0.717) is 0 Å². The van der Waals surface area contributed by atoms with E-state index < -0.39 is 5.60 Å². The molecule has 1 fully saturated rings. The molecule has 23 heavy (non-hydrogen) atoms. The molecule has 2 nitrogen and oxygen atoms in total. The minimum absolute atomic E-state index is 0. The van der Waals surface area contributed by atoms with E-state index in [4.69, 9.17) is 0 Å². The molecule has 0 bridgehead atoms. The Balaban J connectivity index is 0.00000192. The van der Waals surface area contributed by atoms with Gasteiger partial charge in [0, 0.05) is 6.04 Å². The van der Waals surface area contributed by atoms with Crippen molar-refractivity contribution in [2.45, 2.75) is 37.8 Å². The number of piperidine rings is 1. The molecular weight excluding hydrogens is 306 g/mol. The van der Waals surface area contributed by atoms with Gasteiger partial charge in [-0.2, -0.15) is 0 Å². The third-order valence-electron chi connectivity index (χ3n) is 4.97. The zero-order valence-electron chi connectivity index (χ0n) is 13.7. The molecular formula is C20H26ClNO. The maximum Gasteiger partial charge on any atom is 0.130 e. The summed E-state index contributed by atoms with van der Waals surface area (Å²) in [6, 6.07) is 20.2. The average Bonchev–Trinajstić information content (AvgIpc) is 2.62. The van der Waals surface area contributed by atoms with Crippen molar-refractivity contribution in [1.29, 1.82) is 0 Å². The van der Waals surface area contributed by atoms with Crippen LogP contribution in [0.2, 0.25) is 0 Å². The van der Waals surface area contributed by atoms with E-state index in [1.165, 1.54) is 19.3 Å². The van der Waals surface area contributed by atoms with Crippen LogP contribution in [0, 0.1) is 0 Å². The molecule has 2 aromatic rings. The molecule has 1 saturated heterocycles. The number of benzene rings is 2. The van der Waals surface area contributed by atoms with E-state index in [9.17, 15) is 5.11 Å². The van der Waals surface area contributed by atoms with Crippen molar-refractivity contribution in [2.24, 2.45) is 0 Å². The minimum Gasteiger partial charge on any atom is -0.379 e. The van der Waals surface area contributed by atoms with Crippen LogP contribution in [0.1, 0.15) is 37.3 Å². The second-order valence-electron chi connectivity index (χ2n) is 6.27. The van der Waals surface area contributed by atoms with Crippen molar-refractivity contribution < 1.29 is 5.11 Å². The summed E-state index contributed by atoms with van der Waals surface area (Å²) in [6.07, 6.45) is 3.76. The first-order valence-corrected chi connectivity index (χ1v) is 8.30. The SMILES string of the molecule is CC(N1CCCCC1)C(O)(c1ccccc1)c1ccccc1.Cl. The molecule has 1 aliphatic heterocycles. The first-order chi connectivity index (χ1) is 10.7. The molecule has 3 rings (SSSR count). The molecule has 0 saturated carbocycles. The lowest BCUT2D eigenvalue weighted by Gasteiger charge is -2.43. The molecule has 1 unspecified atom stereocenters. The molecule has 0 amide bonds. The van der Waals surface area contributed by atoms with E-state index >= 15 is 0 Å². The molecule has 1 N–H and O–H groups in total. The maximum absolute atomic E-state index is 11.7. The van der Waals surface area contributed by atoms with Crippen molar-refractivity contribution in [3.05, 3.63) is 71.8 Å². The Bertz CT molecular complexity index is 542. The molecule has 0 aromatic heterocycles. The number of hydrogen-bond donors (Lipinski definition) is 1. The highest BCUT2D eigenvalue weighted by Crippen LogP contribution is 2.36. The molecule has 0 spiro atoms. The van der Waals surface area contributed by atoms with Crippen LogP contribution >= 0.6 is 12.4 Å². The lowest BCUT2D eigenvalue weighted by molar-refractivity contribution is -0.0195. The summed E-state index contributed by atoms with van der Waals surface area (Å²) in [7, 11) is 0. The monoisotopic (exact) mass is 331 g/mol. The molecule has 124 valence electrons. The maximum atomic E-state index is 11.7. The predicted molar refractivity (Wildman–Crippen MR) is 98.0 cm³/mol. The van der Waals surface area contributed by atoms with Crippen LogP contribution in [0.3, 0.4) is 0 Å². The summed E-state index contributed by atoms with van der Waals surface area (Å²) in [5, 5.41) is 11.7. The molecule has 3 heteroatoms. The van der Waals surface area contributed by atoms with Crippen LogP contribution < -0.4 is 0 Å². The molecule has 1 heterocycles. The highest BCUT2D eigenvalue weighted by molar-refractivity contribution is 5.85. The molecule has 0 radical (unpaired) electrons. The fourth-order valence-electron chi connectivity index (χ4n) is 3.60. The van der Waals surface area contributed by atoms with Gasteiger partial charge >= 0.3 is 0 Å². The average molecular weight is 332 g/mol. The van der Waals surface area contributed by atoms with Crippen LogP contribution in [0.15, 0.2) is 60.7 Å². The highest BCUT2D eigenvalue weighted by atomic mass is 35.5. The van der Waals surface area contributed by atoms with Crippen LogP contribution in [0.5, 0.6) is 0 Å². The summed E-state index contributed by atoms with van der Waals surface area (Å²) >= 11 is 0. The van der Waals surface area contributed by atoms with E-state index in [1.807, 2.05) is 60.7 Å². The fourth-order valence-corrected chi connectivity index (χ4v) is 3.60. The lowest BCUT2D eigenvalue weighted by atomic mass is 9.79. The summed E-state index contributed by atoms with van der Waals surface area (Å²) < 4.78 is 0. The van der Waals surface area contributed by atoms with Gasteiger partial charge in [-0.05, 0) is 44.0 Å². The van der Waals surface area contributed by atoms with Gasteiger partial charge in [-0.25, -0.2) is 0 Å². The largest absolute Gasteiger partial charge is 0.379 e. The zero-order valence-corrected chi connectivity index (χ0v) is 14.5. The van der Waals surface area contributed by atoms with Crippen molar-refractivity contribution in [1.82, 2.24) is 4.90 Å². The van der Waals surface area contributed by atoms with Gasteiger partial charge in [0.1, 0.15) is 5.60 Å². The van der Waals surface area contributed by atoms with E-state index in [-0.39, 0.29) is 18.4 Å². The molecule has 2 aromatic carbocycles. The van der Waals surface area contributed by atoms with Crippen molar-refractivity contribution in [3.8, 4) is 0 Å². The first-order valence-electron chi connectivity index (χ1n) is 8.30. The van der Waals surface area contributed by atoms with Crippen LogP contribution in [-0.4, -0.2) is 29.1 Å². The Morgan fingerprint density at radius 3 is 1.70 bits per heavy atom. The number of rotatable bonds is 4. The van der Waals surface area contributed by atoms with Crippen LogP contribution in [0.25, 0.3) is 0 Å². The zero-order chi connectivity index (χ0) is 15.4. The Labute approximate surface area is 145 Å². The Kier molecular flexibility index (Phi) is 6.23. The number of halogens is 1. The third kappa shape index (κ3) is 3.60. The smallest absolute Gasteiger partial charge is 0.130 e. The summed E-state index contributed by atoms with van der Waals surface area (Å²) in [5.74, 6) is 0. The van der Waals surface area contributed by atoms with Crippen LogP contribution in [-0.2, 0) is 5.60 Å². The van der Waals surface area contributed by atoms with Gasteiger partial charge < -0.3 is 5.11 Å². The van der Waals surface area contributed by atoms with Gasteiger partial charge in [-0.15, -0.1) is 12.4 Å². The van der Waals surface area contributed by atoms with Gasteiger partial charge in [0.15, 0.2) is 0 Å². The van der Waals surface area contributed by atoms with E-state index in [0.717, 1.165) is 24.2 Å². The standard InChI is InChI=1S/C20H25NO.ClH/c1-17(21-15-9-4-10-16-21)20(22,18-11-5-2-6-12-18)19-13-7-3-8-14-19;/h2-3,5-8,11-14,17,22H,4,9-10,15-16H2,1H3;1H. The van der Waals surface area contributed by atoms with Crippen molar-refractivity contribution in [2.75, 3.05) is 13.1 Å². The Hall–Kier alpha value is -1.35. The van der Waals surface area contributed by atoms with Gasteiger partial charge in [-0.1, -0.05) is 67.1 Å². The number of nitrogens with zero attached hydrogens (tertiary/aromatic N) is 1. The van der Waals surface area contributed by atoms with Crippen molar-refractivity contribution in [3.63, 3.8) is 0 Å². The van der Waals surface area contributed by atoms with Crippen LogP contribution in [0.4, 0.5) is 0 Å². The summed E-state index contributed by atoms with van der Waals surface area (Å²) in [5.41, 5.74) is 0.971. The Morgan fingerprint density at radius 1 is 0.826 bits per heavy atom. The molecule has 0 aliphatic carbocycles. The quantitative estimate of drug-likeness (QED) is 0.906. The first kappa shape index (κ1) is 18.0. The van der Waals surface area contributed by atoms with Gasteiger partial charge in [-0.3, -0.25) is 4.90 Å². The fraction of sp³-hybridized carbons (Fsp3) is 0.400. The minimum atomic E-state index is -0.972. The normalized spacial score (nSPS) is 17.3. The second-order valence-corrected chi connectivity index (χ2v) is 6.27. The summed E-state index contributed by atoms with van der Waals surface area (Å²) in [6.45, 7) is 4.30. The summed E-state index contributed by atoms with van der Waals surface area (Å²) in [4.78, 5) is 2.43. The lowest BCUT2D eigenvalue weighted by Crippen LogP contribution is -2.51.